The van der Waals surface area contributed by atoms with Crippen LogP contribution in [0.1, 0.15) is 22.3 Å². The second-order valence-corrected chi connectivity index (χ2v) is 7.17. The van der Waals surface area contributed by atoms with Crippen molar-refractivity contribution < 1.29 is 14.3 Å². The number of nitrogens with zero attached hydrogens (tertiary/aromatic N) is 3. The van der Waals surface area contributed by atoms with E-state index in [0.717, 1.165) is 26.1 Å². The zero-order valence-corrected chi connectivity index (χ0v) is 15.8. The molecule has 0 N–H and O–H groups in total. The minimum absolute atomic E-state index is 0.0175. The average molecular weight is 388 g/mol. The molecule has 0 atom stereocenters. The van der Waals surface area contributed by atoms with Crippen molar-refractivity contribution in [3.05, 3.63) is 52.8 Å². The Bertz CT molecular complexity index is 808. The van der Waals surface area contributed by atoms with Gasteiger partial charge in [0.2, 0.25) is 0 Å². The van der Waals surface area contributed by atoms with Crippen LogP contribution in [0.25, 0.3) is 0 Å². The molecule has 1 saturated heterocycles. The smallest absolute Gasteiger partial charge is 0.254 e. The van der Waals surface area contributed by atoms with Crippen LogP contribution < -0.4 is 9.47 Å². The molecule has 1 aromatic carbocycles. The van der Waals surface area contributed by atoms with Gasteiger partial charge in [0, 0.05) is 57.1 Å². The highest BCUT2D eigenvalue weighted by atomic mass is 35.5. The molecular formula is C20H22ClN3O3. The Kier molecular flexibility index (Phi) is 5.45. The van der Waals surface area contributed by atoms with E-state index >= 15 is 0 Å². The number of amides is 1. The summed E-state index contributed by atoms with van der Waals surface area (Å²) in [4.78, 5) is 21.2. The van der Waals surface area contributed by atoms with Gasteiger partial charge in [-0.15, -0.1) is 0 Å². The molecule has 27 heavy (non-hydrogen) atoms. The Morgan fingerprint density at radius 1 is 1.07 bits per heavy atom. The minimum atomic E-state index is -0.0175. The lowest BCUT2D eigenvalue weighted by Gasteiger charge is -2.34. The van der Waals surface area contributed by atoms with Crippen LogP contribution in [0.5, 0.6) is 11.5 Å². The summed E-state index contributed by atoms with van der Waals surface area (Å²) in [5.41, 5.74) is 1.78. The van der Waals surface area contributed by atoms with Gasteiger partial charge in [0.15, 0.2) is 11.5 Å². The number of hydrogen-bond donors (Lipinski definition) is 0. The maximum atomic E-state index is 12.9. The van der Waals surface area contributed by atoms with Gasteiger partial charge in [0.1, 0.15) is 0 Å². The van der Waals surface area contributed by atoms with Crippen molar-refractivity contribution in [2.24, 2.45) is 0 Å². The van der Waals surface area contributed by atoms with Crippen LogP contribution in [0.15, 0.2) is 36.7 Å². The molecule has 7 heteroatoms. The van der Waals surface area contributed by atoms with E-state index in [1.54, 1.807) is 12.1 Å². The zero-order chi connectivity index (χ0) is 18.6. The van der Waals surface area contributed by atoms with Crippen LogP contribution in [0.3, 0.4) is 0 Å². The molecule has 2 aromatic rings. The zero-order valence-electron chi connectivity index (χ0n) is 15.1. The SMILES string of the molecule is O=C(c1cc(Cl)c2c(c1)OCCCO2)N1CCN(Cc2ccncc2)CC1. The Labute approximate surface area is 163 Å². The molecule has 1 amide bonds. The van der Waals surface area contributed by atoms with E-state index in [2.05, 4.69) is 9.88 Å². The topological polar surface area (TPSA) is 54.9 Å². The maximum Gasteiger partial charge on any atom is 0.254 e. The van der Waals surface area contributed by atoms with Crippen LogP contribution in [-0.4, -0.2) is 60.1 Å². The fourth-order valence-corrected chi connectivity index (χ4v) is 3.66. The summed E-state index contributed by atoms with van der Waals surface area (Å²) in [5, 5.41) is 0.425. The van der Waals surface area contributed by atoms with Crippen molar-refractivity contribution >= 4 is 17.5 Å². The summed E-state index contributed by atoms with van der Waals surface area (Å²) in [7, 11) is 0. The van der Waals surface area contributed by atoms with Gasteiger partial charge >= 0.3 is 0 Å². The van der Waals surface area contributed by atoms with Gasteiger partial charge in [0.25, 0.3) is 5.91 Å². The number of piperazine rings is 1. The monoisotopic (exact) mass is 387 g/mol. The first-order valence-corrected chi connectivity index (χ1v) is 9.58. The van der Waals surface area contributed by atoms with Gasteiger partial charge in [0.05, 0.1) is 18.2 Å². The molecule has 142 valence electrons. The second kappa shape index (κ2) is 8.15. The van der Waals surface area contributed by atoms with E-state index in [9.17, 15) is 4.79 Å². The quantitative estimate of drug-likeness (QED) is 0.810. The predicted molar refractivity (Wildman–Crippen MR) is 102 cm³/mol. The number of ether oxygens (including phenoxy) is 2. The fraction of sp³-hybridized carbons (Fsp3) is 0.400. The van der Waals surface area contributed by atoms with Crippen molar-refractivity contribution in [3.63, 3.8) is 0 Å². The second-order valence-electron chi connectivity index (χ2n) is 6.76. The van der Waals surface area contributed by atoms with Crippen LogP contribution >= 0.6 is 11.6 Å². The first-order chi connectivity index (χ1) is 13.2. The van der Waals surface area contributed by atoms with Crippen molar-refractivity contribution in [3.8, 4) is 11.5 Å². The molecule has 0 radical (unpaired) electrons. The van der Waals surface area contributed by atoms with Crippen molar-refractivity contribution in [2.45, 2.75) is 13.0 Å². The number of benzene rings is 1. The maximum absolute atomic E-state index is 12.9. The van der Waals surface area contributed by atoms with Gasteiger partial charge in [-0.2, -0.15) is 0 Å². The summed E-state index contributed by atoms with van der Waals surface area (Å²) in [6.07, 6.45) is 4.42. The van der Waals surface area contributed by atoms with Gasteiger partial charge in [-0.05, 0) is 29.8 Å². The first kappa shape index (κ1) is 18.1. The predicted octanol–water partition coefficient (Wildman–Crippen LogP) is 2.85. The summed E-state index contributed by atoms with van der Waals surface area (Å²) >= 11 is 6.33. The minimum Gasteiger partial charge on any atom is -0.489 e. The number of pyridine rings is 1. The lowest BCUT2D eigenvalue weighted by Crippen LogP contribution is -2.48. The highest BCUT2D eigenvalue weighted by Crippen LogP contribution is 2.38. The van der Waals surface area contributed by atoms with Crippen molar-refractivity contribution in [1.29, 1.82) is 0 Å². The molecular weight excluding hydrogens is 366 g/mol. The number of carbonyl (C=O) groups excluding carboxylic acids is 1. The van der Waals surface area contributed by atoms with Crippen molar-refractivity contribution in [1.82, 2.24) is 14.8 Å². The van der Waals surface area contributed by atoms with E-state index < -0.39 is 0 Å². The van der Waals surface area contributed by atoms with E-state index in [0.29, 0.717) is 48.4 Å². The van der Waals surface area contributed by atoms with Gasteiger partial charge in [-0.3, -0.25) is 14.7 Å². The van der Waals surface area contributed by atoms with Gasteiger partial charge < -0.3 is 14.4 Å². The van der Waals surface area contributed by atoms with E-state index in [4.69, 9.17) is 21.1 Å². The lowest BCUT2D eigenvalue weighted by atomic mass is 10.1. The molecule has 1 aromatic heterocycles. The lowest BCUT2D eigenvalue weighted by molar-refractivity contribution is 0.0628. The number of aromatic nitrogens is 1. The third-order valence-corrected chi connectivity index (χ3v) is 5.14. The van der Waals surface area contributed by atoms with Crippen LogP contribution in [-0.2, 0) is 6.54 Å². The summed E-state index contributed by atoms with van der Waals surface area (Å²) in [6.45, 7) is 5.07. The number of fused-ring (bicyclic) bond motifs is 1. The molecule has 0 spiro atoms. The van der Waals surface area contributed by atoms with Crippen LogP contribution in [0.4, 0.5) is 0 Å². The largest absolute Gasteiger partial charge is 0.489 e. The first-order valence-electron chi connectivity index (χ1n) is 9.20. The molecule has 0 bridgehead atoms. The number of rotatable bonds is 3. The molecule has 3 heterocycles. The molecule has 6 nitrogen and oxygen atoms in total. The number of carbonyl (C=O) groups is 1. The van der Waals surface area contributed by atoms with Gasteiger partial charge in [-0.1, -0.05) is 11.6 Å². The Balaban J connectivity index is 1.41. The third kappa shape index (κ3) is 4.17. The van der Waals surface area contributed by atoms with Crippen LogP contribution in [0.2, 0.25) is 5.02 Å². The Morgan fingerprint density at radius 3 is 2.59 bits per heavy atom. The Morgan fingerprint density at radius 2 is 1.81 bits per heavy atom. The van der Waals surface area contributed by atoms with E-state index in [-0.39, 0.29) is 5.91 Å². The molecule has 0 unspecified atom stereocenters. The number of halogens is 1. The summed E-state index contributed by atoms with van der Waals surface area (Å²) in [5.74, 6) is 1.07. The van der Waals surface area contributed by atoms with E-state index in [1.807, 2.05) is 29.4 Å². The average Bonchev–Trinajstić information content (AvgIpc) is 2.95. The van der Waals surface area contributed by atoms with Crippen molar-refractivity contribution in [2.75, 3.05) is 39.4 Å². The van der Waals surface area contributed by atoms with Gasteiger partial charge in [-0.25, -0.2) is 0 Å². The standard InChI is InChI=1S/C20H22ClN3O3/c21-17-12-16(13-18-19(17)27-11-1-10-26-18)20(25)24-8-6-23(7-9-24)14-15-2-4-22-5-3-15/h2-5,12-13H,1,6-11,14H2. The molecule has 2 aliphatic rings. The molecule has 0 saturated carbocycles. The van der Waals surface area contributed by atoms with Crippen LogP contribution in [0, 0.1) is 0 Å². The fourth-order valence-electron chi connectivity index (χ4n) is 3.39. The molecule has 1 fully saturated rings. The normalized spacial score (nSPS) is 17.4. The number of hydrogen-bond acceptors (Lipinski definition) is 5. The highest BCUT2D eigenvalue weighted by molar-refractivity contribution is 6.32. The molecule has 4 rings (SSSR count). The Hall–Kier alpha value is -2.31. The summed E-state index contributed by atoms with van der Waals surface area (Å²) in [6, 6.07) is 7.48. The van der Waals surface area contributed by atoms with E-state index in [1.165, 1.54) is 5.56 Å². The third-order valence-electron chi connectivity index (χ3n) is 4.86. The molecule has 0 aliphatic carbocycles. The summed E-state index contributed by atoms with van der Waals surface area (Å²) < 4.78 is 11.3. The molecule has 2 aliphatic heterocycles. The highest BCUT2D eigenvalue weighted by Gasteiger charge is 2.25.